The smallest absolute Gasteiger partial charge is 0.129 e. The molecule has 3 nitrogen and oxygen atoms in total. The highest BCUT2D eigenvalue weighted by molar-refractivity contribution is 6.31. The molecule has 0 radical (unpaired) electrons. The number of pyridine rings is 1. The SMILES string of the molecule is CC(C)CNCc1cc(N2CC3CCC2C3)ncc1Cl. The van der Waals surface area contributed by atoms with Crippen LogP contribution in [0.1, 0.15) is 38.7 Å². The van der Waals surface area contributed by atoms with Crippen molar-refractivity contribution >= 4 is 17.4 Å². The maximum Gasteiger partial charge on any atom is 0.129 e. The minimum atomic E-state index is 0.657. The van der Waals surface area contributed by atoms with Crippen LogP contribution in [0.15, 0.2) is 12.3 Å². The number of nitrogens with one attached hydrogen (secondary N) is 1. The summed E-state index contributed by atoms with van der Waals surface area (Å²) in [6.45, 7) is 7.45. The molecule has 2 bridgehead atoms. The zero-order valence-corrected chi connectivity index (χ0v) is 13.2. The number of hydrogen-bond donors (Lipinski definition) is 1. The monoisotopic (exact) mass is 293 g/mol. The van der Waals surface area contributed by atoms with Gasteiger partial charge in [-0.2, -0.15) is 0 Å². The molecule has 2 heterocycles. The first-order valence-corrected chi connectivity index (χ1v) is 8.13. The van der Waals surface area contributed by atoms with Crippen LogP contribution in [0.3, 0.4) is 0 Å². The lowest BCUT2D eigenvalue weighted by molar-refractivity contribution is 0.546. The summed E-state index contributed by atoms with van der Waals surface area (Å²) in [5.41, 5.74) is 1.17. The van der Waals surface area contributed by atoms with Crippen molar-refractivity contribution in [2.24, 2.45) is 11.8 Å². The van der Waals surface area contributed by atoms with Gasteiger partial charge in [-0.1, -0.05) is 25.4 Å². The Hall–Kier alpha value is -0.800. The van der Waals surface area contributed by atoms with Gasteiger partial charge in [0.1, 0.15) is 5.82 Å². The number of fused-ring (bicyclic) bond motifs is 2. The van der Waals surface area contributed by atoms with E-state index in [1.165, 1.54) is 31.4 Å². The average molecular weight is 294 g/mol. The third-order valence-electron chi connectivity index (χ3n) is 4.49. The van der Waals surface area contributed by atoms with E-state index < -0.39 is 0 Å². The van der Waals surface area contributed by atoms with E-state index in [1.807, 2.05) is 6.20 Å². The fourth-order valence-electron chi connectivity index (χ4n) is 3.46. The van der Waals surface area contributed by atoms with Crippen LogP contribution in [0.4, 0.5) is 5.82 Å². The molecule has 1 saturated heterocycles. The Balaban J connectivity index is 1.70. The molecule has 0 amide bonds. The normalized spacial score (nSPS) is 24.9. The summed E-state index contributed by atoms with van der Waals surface area (Å²) in [5.74, 6) is 2.66. The average Bonchev–Trinajstić information content (AvgIpc) is 3.03. The van der Waals surface area contributed by atoms with Crippen LogP contribution in [0, 0.1) is 11.8 Å². The summed E-state index contributed by atoms with van der Waals surface area (Å²) in [7, 11) is 0. The fraction of sp³-hybridized carbons (Fsp3) is 0.688. The molecule has 2 fully saturated rings. The predicted octanol–water partition coefficient (Wildman–Crippen LogP) is 3.47. The van der Waals surface area contributed by atoms with Crippen molar-refractivity contribution in [1.29, 1.82) is 0 Å². The van der Waals surface area contributed by atoms with Gasteiger partial charge < -0.3 is 10.2 Å². The van der Waals surface area contributed by atoms with Gasteiger partial charge in [0.15, 0.2) is 0 Å². The van der Waals surface area contributed by atoms with Crippen molar-refractivity contribution in [2.45, 2.75) is 45.7 Å². The second-order valence-electron chi connectivity index (χ2n) is 6.64. The van der Waals surface area contributed by atoms with Crippen molar-refractivity contribution in [2.75, 3.05) is 18.0 Å². The molecule has 110 valence electrons. The van der Waals surface area contributed by atoms with E-state index in [2.05, 4.69) is 35.1 Å². The minimum absolute atomic E-state index is 0.657. The van der Waals surface area contributed by atoms with Crippen LogP contribution in [0.2, 0.25) is 5.02 Å². The Morgan fingerprint density at radius 1 is 1.45 bits per heavy atom. The Morgan fingerprint density at radius 3 is 2.95 bits per heavy atom. The largest absolute Gasteiger partial charge is 0.353 e. The number of piperidine rings is 1. The van der Waals surface area contributed by atoms with E-state index in [0.717, 1.165) is 29.8 Å². The molecule has 2 aliphatic rings. The van der Waals surface area contributed by atoms with E-state index in [1.54, 1.807) is 0 Å². The van der Waals surface area contributed by atoms with Crippen LogP contribution in [-0.2, 0) is 6.54 Å². The van der Waals surface area contributed by atoms with Crippen LogP contribution in [-0.4, -0.2) is 24.1 Å². The summed E-state index contributed by atoms with van der Waals surface area (Å²) in [4.78, 5) is 7.03. The van der Waals surface area contributed by atoms with Gasteiger partial charge in [-0.25, -0.2) is 4.98 Å². The molecule has 0 aromatic carbocycles. The van der Waals surface area contributed by atoms with Gasteiger partial charge in [-0.15, -0.1) is 0 Å². The van der Waals surface area contributed by atoms with Gasteiger partial charge in [0.25, 0.3) is 0 Å². The first-order valence-electron chi connectivity index (χ1n) is 7.75. The summed E-state index contributed by atoms with van der Waals surface area (Å²) in [6, 6.07) is 2.89. The zero-order valence-electron chi connectivity index (χ0n) is 12.4. The first-order chi connectivity index (χ1) is 9.63. The van der Waals surface area contributed by atoms with Gasteiger partial charge in [-0.05, 0) is 49.3 Å². The lowest BCUT2D eigenvalue weighted by Gasteiger charge is -2.28. The molecule has 0 spiro atoms. The van der Waals surface area contributed by atoms with Crippen molar-refractivity contribution < 1.29 is 0 Å². The third kappa shape index (κ3) is 2.94. The molecule has 2 atom stereocenters. The minimum Gasteiger partial charge on any atom is -0.353 e. The Labute approximate surface area is 126 Å². The molecule has 1 aliphatic heterocycles. The molecule has 4 heteroatoms. The summed E-state index contributed by atoms with van der Waals surface area (Å²) >= 11 is 6.28. The fourth-order valence-corrected chi connectivity index (χ4v) is 3.63. The predicted molar refractivity (Wildman–Crippen MR) is 84.3 cm³/mol. The van der Waals surface area contributed by atoms with Crippen LogP contribution in [0.25, 0.3) is 0 Å². The number of aromatic nitrogens is 1. The van der Waals surface area contributed by atoms with Crippen LogP contribution >= 0.6 is 11.6 Å². The standard InChI is InChI=1S/C16H24ClN3/c1-11(2)7-18-8-13-6-16(19-9-15(13)17)20-10-12-3-4-14(20)5-12/h6,9,11-12,14,18H,3-5,7-8,10H2,1-2H3. The van der Waals surface area contributed by atoms with Gasteiger partial charge in [0, 0.05) is 25.3 Å². The Kier molecular flexibility index (Phi) is 4.18. The second-order valence-corrected chi connectivity index (χ2v) is 7.05. The number of nitrogens with zero attached hydrogens (tertiary/aromatic N) is 2. The molecular weight excluding hydrogens is 270 g/mol. The quantitative estimate of drug-likeness (QED) is 0.901. The van der Waals surface area contributed by atoms with Crippen LogP contribution < -0.4 is 10.2 Å². The number of rotatable bonds is 5. The molecule has 2 unspecified atom stereocenters. The van der Waals surface area contributed by atoms with Crippen molar-refractivity contribution in [3.63, 3.8) is 0 Å². The van der Waals surface area contributed by atoms with Gasteiger partial charge in [0.2, 0.25) is 0 Å². The summed E-state index contributed by atoms with van der Waals surface area (Å²) < 4.78 is 0. The summed E-state index contributed by atoms with van der Waals surface area (Å²) in [6.07, 6.45) is 5.90. The van der Waals surface area contributed by atoms with E-state index in [9.17, 15) is 0 Å². The molecule has 1 aromatic heterocycles. The molecule has 3 rings (SSSR count). The number of anilines is 1. The number of halogens is 1. The molecule has 1 saturated carbocycles. The zero-order chi connectivity index (χ0) is 14.1. The Morgan fingerprint density at radius 2 is 2.30 bits per heavy atom. The van der Waals surface area contributed by atoms with E-state index >= 15 is 0 Å². The molecular formula is C16H24ClN3. The maximum atomic E-state index is 6.28. The van der Waals surface area contributed by atoms with E-state index in [0.29, 0.717) is 12.0 Å². The van der Waals surface area contributed by atoms with Gasteiger partial charge in [-0.3, -0.25) is 0 Å². The Bertz CT molecular complexity index is 475. The third-order valence-corrected chi connectivity index (χ3v) is 4.83. The highest BCUT2D eigenvalue weighted by Crippen LogP contribution is 2.39. The van der Waals surface area contributed by atoms with Crippen molar-refractivity contribution in [3.8, 4) is 0 Å². The second kappa shape index (κ2) is 5.90. The molecule has 1 N–H and O–H groups in total. The van der Waals surface area contributed by atoms with Gasteiger partial charge >= 0.3 is 0 Å². The maximum absolute atomic E-state index is 6.28. The molecule has 1 aliphatic carbocycles. The lowest BCUT2D eigenvalue weighted by atomic mass is 10.1. The van der Waals surface area contributed by atoms with Gasteiger partial charge in [0.05, 0.1) is 5.02 Å². The number of hydrogen-bond acceptors (Lipinski definition) is 3. The van der Waals surface area contributed by atoms with E-state index in [-0.39, 0.29) is 0 Å². The van der Waals surface area contributed by atoms with Crippen molar-refractivity contribution in [3.05, 3.63) is 22.8 Å². The topological polar surface area (TPSA) is 28.2 Å². The lowest BCUT2D eigenvalue weighted by Crippen LogP contribution is -2.32. The van der Waals surface area contributed by atoms with Crippen LogP contribution in [0.5, 0.6) is 0 Å². The molecule has 1 aromatic rings. The van der Waals surface area contributed by atoms with E-state index in [4.69, 9.17) is 11.6 Å². The highest BCUT2D eigenvalue weighted by atomic mass is 35.5. The molecule has 20 heavy (non-hydrogen) atoms. The summed E-state index contributed by atoms with van der Waals surface area (Å²) in [5, 5.41) is 4.24. The highest BCUT2D eigenvalue weighted by Gasteiger charge is 2.38. The van der Waals surface area contributed by atoms with Crippen molar-refractivity contribution in [1.82, 2.24) is 10.3 Å². The first kappa shape index (κ1) is 14.2.